The van der Waals surface area contributed by atoms with Gasteiger partial charge in [0.1, 0.15) is 0 Å². The topological polar surface area (TPSA) is 35.5 Å². The highest BCUT2D eigenvalue weighted by atomic mass is 17.2. The summed E-state index contributed by atoms with van der Waals surface area (Å²) in [6, 6.07) is 9.69. The van der Waals surface area contributed by atoms with Crippen LogP contribution >= 0.6 is 0 Å². The lowest BCUT2D eigenvalue weighted by atomic mass is 9.67. The van der Waals surface area contributed by atoms with Gasteiger partial charge in [0.25, 0.3) is 0 Å². The molecule has 0 bridgehead atoms. The largest absolute Gasteiger partial charge is 0.290 e. The Labute approximate surface area is 176 Å². The molecule has 0 saturated carbocycles. The molecule has 1 aromatic rings. The van der Waals surface area contributed by atoms with E-state index in [-0.39, 0.29) is 16.6 Å². The van der Waals surface area contributed by atoms with E-state index < -0.39 is 11.2 Å². The van der Waals surface area contributed by atoms with Gasteiger partial charge in [0.2, 0.25) is 11.4 Å². The van der Waals surface area contributed by atoms with Crippen molar-refractivity contribution in [3.8, 4) is 0 Å². The highest BCUT2D eigenvalue weighted by Gasteiger charge is 2.50. The van der Waals surface area contributed by atoms with Crippen LogP contribution in [0.5, 0.6) is 0 Å². The van der Waals surface area contributed by atoms with Crippen molar-refractivity contribution in [2.24, 2.45) is 10.8 Å². The van der Waals surface area contributed by atoms with Crippen molar-refractivity contribution in [2.75, 3.05) is 0 Å². The molecule has 0 N–H and O–H groups in total. The molecule has 0 aliphatic heterocycles. The average Bonchev–Trinajstić information content (AvgIpc) is 2.58. The van der Waals surface area contributed by atoms with Gasteiger partial charge in [-0.3, -0.25) is 4.79 Å². The first-order valence-corrected chi connectivity index (χ1v) is 10.2. The number of hydrogen-bond acceptors (Lipinski definition) is 3. The SMILES string of the molecule is C=C(c1ccccc1)C1(OOC(C)(C)C)C=C(C(C)(C)C)C=C(C(C)(C)C)C1=O. The van der Waals surface area contributed by atoms with Crippen molar-refractivity contribution in [3.05, 3.63) is 65.8 Å². The number of hydrogen-bond donors (Lipinski definition) is 0. The quantitative estimate of drug-likeness (QED) is 0.419. The van der Waals surface area contributed by atoms with Crippen molar-refractivity contribution in [1.29, 1.82) is 0 Å². The Morgan fingerprint density at radius 1 is 0.897 bits per heavy atom. The Morgan fingerprint density at radius 3 is 1.90 bits per heavy atom. The molecule has 29 heavy (non-hydrogen) atoms. The van der Waals surface area contributed by atoms with Gasteiger partial charge in [0.15, 0.2) is 0 Å². The molecule has 1 atom stereocenters. The smallest absolute Gasteiger partial charge is 0.209 e. The fraction of sp³-hybridized carbons (Fsp3) is 0.500. The highest BCUT2D eigenvalue weighted by Crippen LogP contribution is 2.46. The Kier molecular flexibility index (Phi) is 6.19. The molecule has 0 radical (unpaired) electrons. The van der Waals surface area contributed by atoms with Crippen molar-refractivity contribution < 1.29 is 14.6 Å². The van der Waals surface area contributed by atoms with Gasteiger partial charge in [-0.15, -0.1) is 0 Å². The van der Waals surface area contributed by atoms with Crippen LogP contribution in [0.15, 0.2) is 60.2 Å². The number of rotatable bonds is 4. The molecule has 2 rings (SSSR count). The van der Waals surface area contributed by atoms with Gasteiger partial charge in [-0.1, -0.05) is 84.5 Å². The third kappa shape index (κ3) is 5.15. The van der Waals surface area contributed by atoms with E-state index in [9.17, 15) is 4.79 Å². The molecule has 0 fully saturated rings. The van der Waals surface area contributed by atoms with Gasteiger partial charge in [-0.2, -0.15) is 0 Å². The lowest BCUT2D eigenvalue weighted by Crippen LogP contribution is -2.48. The summed E-state index contributed by atoms with van der Waals surface area (Å²) in [6.45, 7) is 22.5. The number of benzene rings is 1. The van der Waals surface area contributed by atoms with Crippen LogP contribution in [0.4, 0.5) is 0 Å². The number of Topliss-reactive ketones (excluding diaryl/α,β-unsaturated/α-hetero) is 1. The number of carbonyl (C=O) groups is 1. The van der Waals surface area contributed by atoms with E-state index in [1.807, 2.05) is 84.0 Å². The third-order valence-electron chi connectivity index (χ3n) is 4.91. The second-order valence-corrected chi connectivity index (χ2v) is 10.8. The molecule has 0 spiro atoms. The van der Waals surface area contributed by atoms with E-state index in [0.717, 1.165) is 11.1 Å². The molecule has 1 aliphatic carbocycles. The first kappa shape index (κ1) is 23.3. The average molecular weight is 397 g/mol. The summed E-state index contributed by atoms with van der Waals surface area (Å²) < 4.78 is 0. The maximum atomic E-state index is 13.9. The maximum Gasteiger partial charge on any atom is 0.209 e. The molecule has 1 unspecified atom stereocenters. The number of ketones is 1. The third-order valence-corrected chi connectivity index (χ3v) is 4.91. The minimum absolute atomic E-state index is 0.129. The molecule has 0 amide bonds. The predicted molar refractivity (Wildman–Crippen MR) is 120 cm³/mol. The van der Waals surface area contributed by atoms with E-state index in [1.165, 1.54) is 0 Å². The summed E-state index contributed by atoms with van der Waals surface area (Å²) in [7, 11) is 0. The molecular formula is C26H36O3. The van der Waals surface area contributed by atoms with Crippen molar-refractivity contribution in [3.63, 3.8) is 0 Å². The second kappa shape index (κ2) is 7.70. The van der Waals surface area contributed by atoms with Gasteiger partial charge < -0.3 is 0 Å². The normalized spacial score (nSPS) is 20.9. The predicted octanol–water partition coefficient (Wildman–Crippen LogP) is 6.71. The Balaban J connectivity index is 2.75. The second-order valence-electron chi connectivity index (χ2n) is 10.8. The molecule has 1 aromatic carbocycles. The number of carbonyl (C=O) groups excluding carboxylic acids is 1. The summed E-state index contributed by atoms with van der Waals surface area (Å²) in [5.74, 6) is -0.129. The molecular weight excluding hydrogens is 360 g/mol. The van der Waals surface area contributed by atoms with Crippen LogP contribution in [0.2, 0.25) is 0 Å². The minimum Gasteiger partial charge on any atom is -0.290 e. The summed E-state index contributed by atoms with van der Waals surface area (Å²) in [5.41, 5.74) is 0.621. The highest BCUT2D eigenvalue weighted by molar-refractivity contribution is 6.14. The van der Waals surface area contributed by atoms with E-state index in [1.54, 1.807) is 0 Å². The summed E-state index contributed by atoms with van der Waals surface area (Å²) >= 11 is 0. The summed E-state index contributed by atoms with van der Waals surface area (Å²) in [4.78, 5) is 25.7. The zero-order valence-electron chi connectivity index (χ0n) is 19.5. The van der Waals surface area contributed by atoms with E-state index >= 15 is 0 Å². The van der Waals surface area contributed by atoms with Gasteiger partial charge in [-0.05, 0) is 54.4 Å². The lowest BCUT2D eigenvalue weighted by molar-refractivity contribution is -0.372. The van der Waals surface area contributed by atoms with Crippen molar-refractivity contribution in [1.82, 2.24) is 0 Å². The Hall–Kier alpha value is -1.97. The number of allylic oxidation sites excluding steroid dienone is 2. The van der Waals surface area contributed by atoms with E-state index in [0.29, 0.717) is 11.1 Å². The van der Waals surface area contributed by atoms with Gasteiger partial charge >= 0.3 is 0 Å². The lowest BCUT2D eigenvalue weighted by Gasteiger charge is -2.40. The molecule has 3 nitrogen and oxygen atoms in total. The summed E-state index contributed by atoms with van der Waals surface area (Å²) in [6.07, 6.45) is 3.91. The summed E-state index contributed by atoms with van der Waals surface area (Å²) in [5, 5.41) is 0. The van der Waals surface area contributed by atoms with Crippen LogP contribution in [0, 0.1) is 10.8 Å². The zero-order chi connectivity index (χ0) is 22.3. The fourth-order valence-corrected chi connectivity index (χ4v) is 3.12. The van der Waals surface area contributed by atoms with Crippen LogP contribution < -0.4 is 0 Å². The zero-order valence-corrected chi connectivity index (χ0v) is 19.5. The minimum atomic E-state index is -1.42. The van der Waals surface area contributed by atoms with Gasteiger partial charge in [-0.25, -0.2) is 9.78 Å². The van der Waals surface area contributed by atoms with E-state index in [2.05, 4.69) is 27.4 Å². The molecule has 0 heterocycles. The maximum absolute atomic E-state index is 13.9. The molecule has 1 aliphatic rings. The van der Waals surface area contributed by atoms with Crippen LogP contribution in [0.25, 0.3) is 5.57 Å². The molecule has 0 saturated heterocycles. The van der Waals surface area contributed by atoms with Gasteiger partial charge in [0, 0.05) is 5.57 Å². The van der Waals surface area contributed by atoms with Crippen molar-refractivity contribution in [2.45, 2.75) is 73.5 Å². The molecule has 3 heteroatoms. The standard InChI is InChI=1S/C26H36O3/c1-18(19-14-12-11-13-15-19)26(29-28-25(8,9)10)17-20(23(2,3)4)16-21(22(26)27)24(5,6)7/h11-17H,1H2,2-10H3. The van der Waals surface area contributed by atoms with E-state index in [4.69, 9.17) is 9.78 Å². The van der Waals surface area contributed by atoms with Gasteiger partial charge in [0.05, 0.1) is 5.60 Å². The Bertz CT molecular complexity index is 837. The van der Waals surface area contributed by atoms with Crippen molar-refractivity contribution >= 4 is 11.4 Å². The van der Waals surface area contributed by atoms with Crippen LogP contribution in [0.1, 0.15) is 67.9 Å². The first-order chi connectivity index (χ1) is 13.1. The van der Waals surface area contributed by atoms with Crippen LogP contribution in [-0.2, 0) is 14.6 Å². The molecule has 158 valence electrons. The molecule has 0 aromatic heterocycles. The van der Waals surface area contributed by atoms with Crippen LogP contribution in [0.3, 0.4) is 0 Å². The first-order valence-electron chi connectivity index (χ1n) is 10.2. The Morgan fingerprint density at radius 2 is 1.45 bits per heavy atom. The fourth-order valence-electron chi connectivity index (χ4n) is 3.12. The monoisotopic (exact) mass is 396 g/mol. The van der Waals surface area contributed by atoms with Crippen LogP contribution in [-0.4, -0.2) is 17.0 Å².